The molecule has 2 N–H and O–H groups in total. The maximum atomic E-state index is 13.2. The van der Waals surface area contributed by atoms with Gasteiger partial charge in [0, 0.05) is 12.0 Å². The van der Waals surface area contributed by atoms with Crippen LogP contribution in [0.4, 0.5) is 5.69 Å². The Balaban J connectivity index is 1.39. The second kappa shape index (κ2) is 12.5. The van der Waals surface area contributed by atoms with E-state index >= 15 is 0 Å². The molecule has 0 aromatic heterocycles. The summed E-state index contributed by atoms with van der Waals surface area (Å²) in [7, 11) is 0. The molecule has 0 aliphatic rings. The summed E-state index contributed by atoms with van der Waals surface area (Å²) >= 11 is 0. The zero-order valence-electron chi connectivity index (χ0n) is 21.6. The number of carbonyl (C=O) groups excluding carboxylic acids is 1. The van der Waals surface area contributed by atoms with Gasteiger partial charge in [-0.1, -0.05) is 84.9 Å². The predicted molar refractivity (Wildman–Crippen MR) is 155 cm³/mol. The second-order valence-electron chi connectivity index (χ2n) is 9.11. The first kappa shape index (κ1) is 26.3. The SMILES string of the molecule is O=C(Nc1ccc(-c2ccccc2)cc1O[C@H](Cc1ccccc1)C(=O)O)c1ccc(Oc2ccccc2)cc1. The van der Waals surface area contributed by atoms with Crippen LogP contribution >= 0.6 is 0 Å². The number of anilines is 1. The number of amides is 1. The number of para-hydroxylation sites is 1. The summed E-state index contributed by atoms with van der Waals surface area (Å²) < 4.78 is 11.9. The molecule has 0 saturated heterocycles. The zero-order valence-corrected chi connectivity index (χ0v) is 21.6. The van der Waals surface area contributed by atoms with Crippen molar-refractivity contribution in [3.05, 3.63) is 145 Å². The Morgan fingerprint density at radius 1 is 0.675 bits per heavy atom. The van der Waals surface area contributed by atoms with Gasteiger partial charge in [0.15, 0.2) is 6.10 Å². The third-order valence-corrected chi connectivity index (χ3v) is 6.24. The lowest BCUT2D eigenvalue weighted by molar-refractivity contribution is -0.145. The van der Waals surface area contributed by atoms with Crippen molar-refractivity contribution in [2.75, 3.05) is 5.32 Å². The maximum Gasteiger partial charge on any atom is 0.345 e. The summed E-state index contributed by atoms with van der Waals surface area (Å²) in [4.78, 5) is 25.3. The van der Waals surface area contributed by atoms with E-state index in [2.05, 4.69) is 5.32 Å². The van der Waals surface area contributed by atoms with E-state index in [1.807, 2.05) is 97.1 Å². The summed E-state index contributed by atoms with van der Waals surface area (Å²) in [6.07, 6.45) is -0.986. The predicted octanol–water partition coefficient (Wildman–Crippen LogP) is 7.47. The molecule has 5 aromatic carbocycles. The fourth-order valence-electron chi connectivity index (χ4n) is 4.19. The van der Waals surface area contributed by atoms with Gasteiger partial charge in [-0.05, 0) is 65.2 Å². The first-order chi connectivity index (χ1) is 19.5. The Labute approximate surface area is 232 Å². The van der Waals surface area contributed by atoms with E-state index in [-0.39, 0.29) is 18.1 Å². The molecular weight excluding hydrogens is 502 g/mol. The van der Waals surface area contributed by atoms with Gasteiger partial charge in [-0.3, -0.25) is 4.79 Å². The Kier molecular flexibility index (Phi) is 8.18. The molecule has 5 rings (SSSR count). The Morgan fingerprint density at radius 3 is 1.93 bits per heavy atom. The minimum absolute atomic E-state index is 0.169. The van der Waals surface area contributed by atoms with Crippen LogP contribution in [0, 0.1) is 0 Å². The number of benzene rings is 5. The third-order valence-electron chi connectivity index (χ3n) is 6.24. The molecule has 0 heterocycles. The van der Waals surface area contributed by atoms with Gasteiger partial charge in [0.05, 0.1) is 5.69 Å². The van der Waals surface area contributed by atoms with Crippen LogP contribution in [-0.4, -0.2) is 23.1 Å². The molecule has 0 fully saturated rings. The van der Waals surface area contributed by atoms with Crippen molar-refractivity contribution in [3.8, 4) is 28.4 Å². The standard InChI is InChI=1S/C34H27NO5/c36-33(26-16-19-29(20-17-26)39-28-14-8-3-9-15-28)35-30-21-18-27(25-12-6-2-7-13-25)23-31(30)40-32(34(37)38)22-24-10-4-1-5-11-24/h1-21,23,32H,22H2,(H,35,36)(H,37,38)/t32-/m1/s1. The number of carboxylic acids is 1. The van der Waals surface area contributed by atoms with Crippen molar-refractivity contribution in [3.63, 3.8) is 0 Å². The number of nitrogens with one attached hydrogen (secondary N) is 1. The molecule has 0 bridgehead atoms. The second-order valence-corrected chi connectivity index (χ2v) is 9.11. The fourth-order valence-corrected chi connectivity index (χ4v) is 4.19. The van der Waals surface area contributed by atoms with Crippen molar-refractivity contribution in [2.45, 2.75) is 12.5 Å². The fraction of sp³-hybridized carbons (Fsp3) is 0.0588. The summed E-state index contributed by atoms with van der Waals surface area (Å²) in [5.74, 6) is 0.105. The number of ether oxygens (including phenoxy) is 2. The highest BCUT2D eigenvalue weighted by Crippen LogP contribution is 2.33. The summed E-state index contributed by atoms with van der Waals surface area (Å²) in [6, 6.07) is 40.5. The highest BCUT2D eigenvalue weighted by Gasteiger charge is 2.23. The normalized spacial score (nSPS) is 11.3. The van der Waals surface area contributed by atoms with Crippen LogP contribution in [0.2, 0.25) is 0 Å². The van der Waals surface area contributed by atoms with E-state index in [4.69, 9.17) is 9.47 Å². The van der Waals surface area contributed by atoms with E-state index < -0.39 is 12.1 Å². The highest BCUT2D eigenvalue weighted by molar-refractivity contribution is 6.05. The highest BCUT2D eigenvalue weighted by atomic mass is 16.5. The summed E-state index contributed by atoms with van der Waals surface area (Å²) in [5.41, 5.74) is 3.39. The van der Waals surface area contributed by atoms with Crippen LogP contribution in [0.1, 0.15) is 15.9 Å². The number of hydrogen-bond donors (Lipinski definition) is 2. The number of aliphatic carboxylic acids is 1. The first-order valence-corrected chi connectivity index (χ1v) is 12.8. The van der Waals surface area contributed by atoms with Gasteiger partial charge in [-0.2, -0.15) is 0 Å². The van der Waals surface area contributed by atoms with Gasteiger partial charge in [-0.25, -0.2) is 4.79 Å². The van der Waals surface area contributed by atoms with E-state index in [0.717, 1.165) is 16.7 Å². The van der Waals surface area contributed by atoms with Gasteiger partial charge in [-0.15, -0.1) is 0 Å². The van der Waals surface area contributed by atoms with Crippen LogP contribution in [0.15, 0.2) is 133 Å². The smallest absolute Gasteiger partial charge is 0.345 e. The molecule has 6 nitrogen and oxygen atoms in total. The zero-order chi connectivity index (χ0) is 27.7. The third kappa shape index (κ3) is 6.74. The first-order valence-electron chi connectivity index (χ1n) is 12.8. The van der Waals surface area contributed by atoms with Gasteiger partial charge in [0.2, 0.25) is 0 Å². The van der Waals surface area contributed by atoms with Crippen LogP contribution < -0.4 is 14.8 Å². The average molecular weight is 530 g/mol. The monoisotopic (exact) mass is 529 g/mol. The van der Waals surface area contributed by atoms with Crippen molar-refractivity contribution in [1.29, 1.82) is 0 Å². The molecule has 5 aromatic rings. The topological polar surface area (TPSA) is 84.9 Å². The molecule has 0 spiro atoms. The van der Waals surface area contributed by atoms with Crippen molar-refractivity contribution < 1.29 is 24.2 Å². The molecule has 0 saturated carbocycles. The van der Waals surface area contributed by atoms with Gasteiger partial charge >= 0.3 is 5.97 Å². The molecule has 0 unspecified atom stereocenters. The molecule has 198 valence electrons. The number of rotatable bonds is 10. The number of hydrogen-bond acceptors (Lipinski definition) is 4. The van der Waals surface area contributed by atoms with Gasteiger partial charge in [0.25, 0.3) is 5.91 Å². The van der Waals surface area contributed by atoms with Crippen molar-refractivity contribution in [1.82, 2.24) is 0 Å². The van der Waals surface area contributed by atoms with E-state index in [0.29, 0.717) is 22.7 Å². The molecule has 1 atom stereocenters. The van der Waals surface area contributed by atoms with Crippen LogP contribution in [0.3, 0.4) is 0 Å². The molecular formula is C34H27NO5. The lowest BCUT2D eigenvalue weighted by Crippen LogP contribution is -2.30. The Bertz CT molecular complexity index is 1570. The number of carboxylic acid groups (broad SMARTS) is 1. The van der Waals surface area contributed by atoms with Gasteiger partial charge < -0.3 is 19.9 Å². The lowest BCUT2D eigenvalue weighted by Gasteiger charge is -2.19. The van der Waals surface area contributed by atoms with E-state index in [9.17, 15) is 14.7 Å². The van der Waals surface area contributed by atoms with Crippen LogP contribution in [0.5, 0.6) is 17.2 Å². The van der Waals surface area contributed by atoms with Crippen LogP contribution in [0.25, 0.3) is 11.1 Å². The molecule has 6 heteroatoms. The van der Waals surface area contributed by atoms with E-state index in [1.54, 1.807) is 36.4 Å². The van der Waals surface area contributed by atoms with E-state index in [1.165, 1.54) is 0 Å². The molecule has 40 heavy (non-hydrogen) atoms. The van der Waals surface area contributed by atoms with Gasteiger partial charge in [0.1, 0.15) is 17.2 Å². The largest absolute Gasteiger partial charge is 0.478 e. The quantitative estimate of drug-likeness (QED) is 0.196. The van der Waals surface area contributed by atoms with Crippen molar-refractivity contribution >= 4 is 17.6 Å². The van der Waals surface area contributed by atoms with Crippen LogP contribution in [-0.2, 0) is 11.2 Å². The Morgan fingerprint density at radius 2 is 1.27 bits per heavy atom. The summed E-state index contributed by atoms with van der Waals surface area (Å²) in [6.45, 7) is 0. The minimum Gasteiger partial charge on any atom is -0.478 e. The molecule has 0 radical (unpaired) electrons. The minimum atomic E-state index is -1.15. The molecule has 0 aliphatic heterocycles. The van der Waals surface area contributed by atoms with Crippen molar-refractivity contribution in [2.24, 2.45) is 0 Å². The molecule has 0 aliphatic carbocycles. The Hall–Kier alpha value is -5.36. The molecule has 1 amide bonds. The summed E-state index contributed by atoms with van der Waals surface area (Å²) in [5, 5.41) is 12.8. The lowest BCUT2D eigenvalue weighted by atomic mass is 10.0. The maximum absolute atomic E-state index is 13.2. The average Bonchev–Trinajstić information content (AvgIpc) is 2.99. The number of carbonyl (C=O) groups is 2.